The summed E-state index contributed by atoms with van der Waals surface area (Å²) < 4.78 is 11.4. The summed E-state index contributed by atoms with van der Waals surface area (Å²) in [4.78, 5) is 0. The smallest absolute Gasteiger partial charge is 0.171 e. The lowest BCUT2D eigenvalue weighted by molar-refractivity contribution is 0.0695. The Morgan fingerprint density at radius 3 is 2.64 bits per heavy atom. The lowest BCUT2D eigenvalue weighted by atomic mass is 9.89. The van der Waals surface area contributed by atoms with Crippen LogP contribution in [0.2, 0.25) is 5.02 Å². The fraction of sp³-hybridized carbons (Fsp3) is 0.316. The van der Waals surface area contributed by atoms with Gasteiger partial charge in [-0.3, -0.25) is 0 Å². The van der Waals surface area contributed by atoms with Gasteiger partial charge in [0, 0.05) is 22.7 Å². The van der Waals surface area contributed by atoms with Gasteiger partial charge in [-0.2, -0.15) is 0 Å². The molecule has 0 amide bonds. The zero-order valence-electron chi connectivity index (χ0n) is 14.4. The number of halogens is 1. The normalized spacial score (nSPS) is 17.8. The van der Waals surface area contributed by atoms with E-state index in [9.17, 15) is 0 Å². The Morgan fingerprint density at radius 1 is 1.24 bits per heavy atom. The first-order valence-electron chi connectivity index (χ1n) is 8.06. The number of anilines is 1. The largest absolute Gasteiger partial charge is 0.497 e. The van der Waals surface area contributed by atoms with Crippen molar-refractivity contribution in [1.82, 2.24) is 5.32 Å². The maximum Gasteiger partial charge on any atom is 0.171 e. The average Bonchev–Trinajstić information content (AvgIpc) is 2.55. The molecular formula is C19H21ClN2O2S. The standard InChI is InChI=1S/C19H21ClN2O2S/c1-19(2)11-16(15-10-14(23-3)8-9-17(15)24-19)22-18(25)21-13-6-4-12(20)5-7-13/h4-10,16H,11H2,1-3H3,(H2,21,22,25)/t16-/m0/s1. The minimum atomic E-state index is -0.283. The Morgan fingerprint density at radius 2 is 1.96 bits per heavy atom. The van der Waals surface area contributed by atoms with Crippen molar-refractivity contribution in [1.29, 1.82) is 0 Å². The number of rotatable bonds is 3. The van der Waals surface area contributed by atoms with E-state index in [-0.39, 0.29) is 11.6 Å². The van der Waals surface area contributed by atoms with Gasteiger partial charge >= 0.3 is 0 Å². The zero-order valence-corrected chi connectivity index (χ0v) is 16.0. The topological polar surface area (TPSA) is 42.5 Å². The third-order valence-corrected chi connectivity index (χ3v) is 4.55. The van der Waals surface area contributed by atoms with Gasteiger partial charge in [0.2, 0.25) is 0 Å². The van der Waals surface area contributed by atoms with Gasteiger partial charge in [0.1, 0.15) is 17.1 Å². The van der Waals surface area contributed by atoms with Crippen molar-refractivity contribution in [2.75, 3.05) is 12.4 Å². The number of ether oxygens (including phenoxy) is 2. The Hall–Kier alpha value is -1.98. The molecule has 0 bridgehead atoms. The first kappa shape index (κ1) is 17.8. The predicted molar refractivity (Wildman–Crippen MR) is 106 cm³/mol. The van der Waals surface area contributed by atoms with Crippen molar-refractivity contribution in [2.24, 2.45) is 0 Å². The fourth-order valence-corrected chi connectivity index (χ4v) is 3.33. The number of benzene rings is 2. The van der Waals surface area contributed by atoms with Crippen molar-refractivity contribution in [3.63, 3.8) is 0 Å². The summed E-state index contributed by atoms with van der Waals surface area (Å²) in [6, 6.07) is 13.3. The van der Waals surface area contributed by atoms with Gasteiger partial charge in [0.15, 0.2) is 5.11 Å². The molecule has 2 aromatic rings. The monoisotopic (exact) mass is 376 g/mol. The number of hydrogen-bond donors (Lipinski definition) is 2. The van der Waals surface area contributed by atoms with Crippen molar-refractivity contribution in [3.8, 4) is 11.5 Å². The second-order valence-electron chi connectivity index (χ2n) is 6.63. The molecular weight excluding hydrogens is 356 g/mol. The van der Waals surface area contributed by atoms with Crippen molar-refractivity contribution in [2.45, 2.75) is 31.9 Å². The van der Waals surface area contributed by atoms with Gasteiger partial charge in [0.05, 0.1) is 13.2 Å². The summed E-state index contributed by atoms with van der Waals surface area (Å²) >= 11 is 11.4. The molecule has 1 atom stereocenters. The van der Waals surface area contributed by atoms with E-state index in [0.29, 0.717) is 10.1 Å². The van der Waals surface area contributed by atoms with Crippen LogP contribution >= 0.6 is 23.8 Å². The number of hydrogen-bond acceptors (Lipinski definition) is 3. The SMILES string of the molecule is COc1ccc2c(c1)[C@@H](NC(=S)Nc1ccc(Cl)cc1)CC(C)(C)O2. The van der Waals surface area contributed by atoms with Crippen LogP contribution in [0.5, 0.6) is 11.5 Å². The molecule has 4 nitrogen and oxygen atoms in total. The average molecular weight is 377 g/mol. The van der Waals surface area contributed by atoms with E-state index in [0.717, 1.165) is 29.2 Å². The van der Waals surface area contributed by atoms with Crippen LogP contribution in [0.25, 0.3) is 0 Å². The summed E-state index contributed by atoms with van der Waals surface area (Å²) in [5.41, 5.74) is 1.65. The Kier molecular flexibility index (Phi) is 5.06. The van der Waals surface area contributed by atoms with Gasteiger partial charge in [0.25, 0.3) is 0 Å². The van der Waals surface area contributed by atoms with Crippen LogP contribution in [0.3, 0.4) is 0 Å². The second kappa shape index (κ2) is 7.10. The lowest BCUT2D eigenvalue weighted by Gasteiger charge is -2.38. The first-order valence-corrected chi connectivity index (χ1v) is 8.85. The minimum Gasteiger partial charge on any atom is -0.497 e. The van der Waals surface area contributed by atoms with E-state index in [1.165, 1.54) is 0 Å². The molecule has 25 heavy (non-hydrogen) atoms. The molecule has 1 heterocycles. The molecule has 1 aliphatic heterocycles. The highest BCUT2D eigenvalue weighted by Crippen LogP contribution is 2.41. The molecule has 6 heteroatoms. The Labute approximate surface area is 158 Å². The van der Waals surface area contributed by atoms with E-state index < -0.39 is 0 Å². The van der Waals surface area contributed by atoms with Crippen LogP contribution in [-0.2, 0) is 0 Å². The third kappa shape index (κ3) is 4.35. The molecule has 0 unspecified atom stereocenters. The van der Waals surface area contributed by atoms with Crippen molar-refractivity contribution < 1.29 is 9.47 Å². The van der Waals surface area contributed by atoms with Crippen LogP contribution in [-0.4, -0.2) is 17.8 Å². The van der Waals surface area contributed by atoms with Gasteiger partial charge in [-0.15, -0.1) is 0 Å². The van der Waals surface area contributed by atoms with E-state index in [1.54, 1.807) is 7.11 Å². The van der Waals surface area contributed by atoms with Crippen LogP contribution in [0.15, 0.2) is 42.5 Å². The molecule has 0 saturated heterocycles. The highest BCUT2D eigenvalue weighted by atomic mass is 35.5. The van der Waals surface area contributed by atoms with E-state index in [4.69, 9.17) is 33.3 Å². The number of fused-ring (bicyclic) bond motifs is 1. The van der Waals surface area contributed by atoms with Gasteiger partial charge in [-0.1, -0.05) is 11.6 Å². The summed E-state index contributed by atoms with van der Waals surface area (Å²) in [5.74, 6) is 1.65. The van der Waals surface area contributed by atoms with Crippen LogP contribution < -0.4 is 20.1 Å². The highest BCUT2D eigenvalue weighted by Gasteiger charge is 2.34. The quantitative estimate of drug-likeness (QED) is 0.743. The maximum absolute atomic E-state index is 6.09. The molecule has 2 aromatic carbocycles. The van der Waals surface area contributed by atoms with Crippen molar-refractivity contribution >= 4 is 34.6 Å². The number of thiocarbonyl (C=S) groups is 1. The van der Waals surface area contributed by atoms with Gasteiger partial charge in [-0.05, 0) is 68.5 Å². The molecule has 0 fully saturated rings. The van der Waals surface area contributed by atoms with Crippen LogP contribution in [0, 0.1) is 0 Å². The predicted octanol–water partition coefficient (Wildman–Crippen LogP) is 4.94. The molecule has 2 N–H and O–H groups in total. The maximum atomic E-state index is 6.09. The molecule has 0 saturated carbocycles. The minimum absolute atomic E-state index is 0.0288. The van der Waals surface area contributed by atoms with E-state index in [2.05, 4.69) is 24.5 Å². The molecule has 0 aromatic heterocycles. The van der Waals surface area contributed by atoms with Gasteiger partial charge < -0.3 is 20.1 Å². The molecule has 0 radical (unpaired) electrons. The third-order valence-electron chi connectivity index (χ3n) is 4.08. The summed E-state index contributed by atoms with van der Waals surface area (Å²) in [6.45, 7) is 4.15. The molecule has 1 aliphatic rings. The Balaban J connectivity index is 1.79. The summed E-state index contributed by atoms with van der Waals surface area (Å²) in [7, 11) is 1.66. The summed E-state index contributed by atoms with van der Waals surface area (Å²) in [5, 5.41) is 7.84. The molecule has 0 spiro atoms. The van der Waals surface area contributed by atoms with Crippen LogP contribution in [0.4, 0.5) is 5.69 Å². The molecule has 0 aliphatic carbocycles. The molecule has 3 rings (SSSR count). The lowest BCUT2D eigenvalue weighted by Crippen LogP contribution is -2.42. The van der Waals surface area contributed by atoms with Crippen LogP contribution in [0.1, 0.15) is 31.9 Å². The van der Waals surface area contributed by atoms with Gasteiger partial charge in [-0.25, -0.2) is 0 Å². The highest BCUT2D eigenvalue weighted by molar-refractivity contribution is 7.80. The second-order valence-corrected chi connectivity index (χ2v) is 7.47. The van der Waals surface area contributed by atoms with E-state index in [1.807, 2.05) is 42.5 Å². The first-order chi connectivity index (χ1) is 11.9. The zero-order chi connectivity index (χ0) is 18.0. The number of methoxy groups -OCH3 is 1. The van der Waals surface area contributed by atoms with E-state index >= 15 is 0 Å². The number of nitrogens with one attached hydrogen (secondary N) is 2. The summed E-state index contributed by atoms with van der Waals surface area (Å²) in [6.07, 6.45) is 0.787. The van der Waals surface area contributed by atoms with Crippen molar-refractivity contribution in [3.05, 3.63) is 53.1 Å². The molecule has 132 valence electrons. The Bertz CT molecular complexity index is 777. The fourth-order valence-electron chi connectivity index (χ4n) is 2.95.